The van der Waals surface area contributed by atoms with E-state index in [-0.39, 0.29) is 5.75 Å². The van der Waals surface area contributed by atoms with Gasteiger partial charge in [-0.05, 0) is 24.6 Å². The van der Waals surface area contributed by atoms with Crippen molar-refractivity contribution in [3.8, 4) is 16.9 Å². The number of pyridine rings is 1. The molecule has 1 heterocycles. The molecule has 0 aliphatic rings. The summed E-state index contributed by atoms with van der Waals surface area (Å²) in [5.74, 6) is 0.0973. The molecule has 2 N–H and O–H groups in total. The molecule has 0 aliphatic heterocycles. The molecule has 0 saturated carbocycles. The summed E-state index contributed by atoms with van der Waals surface area (Å²) in [6.45, 7) is 1.87. The van der Waals surface area contributed by atoms with E-state index in [1.54, 1.807) is 30.5 Å². The molecule has 2 rings (SSSR count). The van der Waals surface area contributed by atoms with E-state index in [1.165, 1.54) is 7.11 Å². The Morgan fingerprint density at radius 1 is 1.29 bits per heavy atom. The lowest BCUT2D eigenvalue weighted by Crippen LogP contribution is -1.99. The van der Waals surface area contributed by atoms with E-state index >= 15 is 0 Å². The van der Waals surface area contributed by atoms with Gasteiger partial charge in [0.2, 0.25) is 0 Å². The molecule has 4 heteroatoms. The summed E-state index contributed by atoms with van der Waals surface area (Å²) >= 11 is 0. The lowest BCUT2D eigenvalue weighted by atomic mass is 10.0. The zero-order chi connectivity index (χ0) is 12.4. The number of aromatic nitrogens is 1. The van der Waals surface area contributed by atoms with Crippen LogP contribution in [0, 0.1) is 12.7 Å². The van der Waals surface area contributed by atoms with Gasteiger partial charge in [-0.15, -0.1) is 0 Å². The first-order valence-corrected chi connectivity index (χ1v) is 5.19. The van der Waals surface area contributed by atoms with Gasteiger partial charge in [0, 0.05) is 17.3 Å². The van der Waals surface area contributed by atoms with Crippen molar-refractivity contribution in [2.24, 2.45) is 0 Å². The third-order valence-corrected chi connectivity index (χ3v) is 2.64. The fourth-order valence-corrected chi connectivity index (χ4v) is 1.79. The van der Waals surface area contributed by atoms with Crippen molar-refractivity contribution in [2.45, 2.75) is 6.92 Å². The van der Waals surface area contributed by atoms with Gasteiger partial charge in [-0.2, -0.15) is 0 Å². The number of benzene rings is 1. The lowest BCUT2D eigenvalue weighted by Gasteiger charge is -2.11. The molecule has 0 bridgehead atoms. The van der Waals surface area contributed by atoms with Crippen LogP contribution in [0.15, 0.2) is 30.5 Å². The molecule has 3 nitrogen and oxygen atoms in total. The number of halogens is 1. The van der Waals surface area contributed by atoms with Crippen molar-refractivity contribution in [1.82, 2.24) is 4.98 Å². The Morgan fingerprint density at radius 3 is 2.71 bits per heavy atom. The van der Waals surface area contributed by atoms with E-state index in [9.17, 15) is 4.39 Å². The summed E-state index contributed by atoms with van der Waals surface area (Å²) in [5, 5.41) is 0. The SMILES string of the molecule is COc1cccc(-c2c(C)ccnc2N)c1F. The summed E-state index contributed by atoms with van der Waals surface area (Å²) in [6.07, 6.45) is 1.60. The number of nitrogens with zero attached hydrogens (tertiary/aromatic N) is 1. The molecule has 2 aromatic rings. The largest absolute Gasteiger partial charge is 0.494 e. The minimum atomic E-state index is -0.419. The van der Waals surface area contributed by atoms with Crippen molar-refractivity contribution in [2.75, 3.05) is 12.8 Å². The van der Waals surface area contributed by atoms with Crippen molar-refractivity contribution in [1.29, 1.82) is 0 Å². The van der Waals surface area contributed by atoms with Crippen LogP contribution < -0.4 is 10.5 Å². The number of ether oxygens (including phenoxy) is 1. The Hall–Kier alpha value is -2.10. The van der Waals surface area contributed by atoms with Gasteiger partial charge < -0.3 is 10.5 Å². The number of nitrogen functional groups attached to an aromatic ring is 1. The van der Waals surface area contributed by atoms with Gasteiger partial charge in [0.15, 0.2) is 11.6 Å². The number of aryl methyl sites for hydroxylation is 1. The summed E-state index contributed by atoms with van der Waals surface area (Å²) in [7, 11) is 1.43. The van der Waals surface area contributed by atoms with Crippen LogP contribution in [0.2, 0.25) is 0 Å². The summed E-state index contributed by atoms with van der Waals surface area (Å²) < 4.78 is 19.1. The van der Waals surface area contributed by atoms with Crippen LogP contribution in [0.5, 0.6) is 5.75 Å². The van der Waals surface area contributed by atoms with E-state index in [4.69, 9.17) is 10.5 Å². The van der Waals surface area contributed by atoms with Crippen LogP contribution >= 0.6 is 0 Å². The zero-order valence-electron chi connectivity index (χ0n) is 9.70. The van der Waals surface area contributed by atoms with Crippen LogP contribution in [0.4, 0.5) is 10.2 Å². The van der Waals surface area contributed by atoms with Crippen molar-refractivity contribution >= 4 is 5.82 Å². The minimum absolute atomic E-state index is 0.199. The predicted molar refractivity (Wildman–Crippen MR) is 65.3 cm³/mol. The minimum Gasteiger partial charge on any atom is -0.494 e. The Kier molecular flexibility index (Phi) is 2.95. The summed E-state index contributed by atoms with van der Waals surface area (Å²) in [4.78, 5) is 3.98. The highest BCUT2D eigenvalue weighted by Crippen LogP contribution is 2.33. The number of hydrogen-bond acceptors (Lipinski definition) is 3. The Balaban J connectivity index is 2.69. The number of hydrogen-bond donors (Lipinski definition) is 1. The van der Waals surface area contributed by atoms with Gasteiger partial charge in [0.1, 0.15) is 5.82 Å². The van der Waals surface area contributed by atoms with Gasteiger partial charge in [0.25, 0.3) is 0 Å². The topological polar surface area (TPSA) is 48.1 Å². The van der Waals surface area contributed by atoms with Gasteiger partial charge in [-0.3, -0.25) is 0 Å². The molecule has 0 atom stereocenters. The van der Waals surface area contributed by atoms with Crippen LogP contribution in [0.25, 0.3) is 11.1 Å². The van der Waals surface area contributed by atoms with E-state index < -0.39 is 5.82 Å². The Labute approximate surface area is 99.1 Å². The normalized spacial score (nSPS) is 10.3. The van der Waals surface area contributed by atoms with Crippen LogP contribution in [0.1, 0.15) is 5.56 Å². The summed E-state index contributed by atoms with van der Waals surface area (Å²) in [5.41, 5.74) is 7.70. The molecule has 0 saturated heterocycles. The Bertz CT molecular complexity index is 535. The quantitative estimate of drug-likeness (QED) is 0.866. The van der Waals surface area contributed by atoms with Gasteiger partial charge in [-0.1, -0.05) is 12.1 Å². The number of anilines is 1. The van der Waals surface area contributed by atoms with E-state index in [1.807, 2.05) is 6.92 Å². The molecule has 88 valence electrons. The first-order chi connectivity index (χ1) is 8.15. The molecular weight excluding hydrogens is 219 g/mol. The third kappa shape index (κ3) is 1.93. The van der Waals surface area contributed by atoms with E-state index in [0.29, 0.717) is 16.9 Å². The molecule has 1 aromatic carbocycles. The third-order valence-electron chi connectivity index (χ3n) is 2.64. The second kappa shape index (κ2) is 4.41. The molecule has 0 unspecified atom stereocenters. The van der Waals surface area contributed by atoms with Gasteiger partial charge in [-0.25, -0.2) is 9.37 Å². The van der Waals surface area contributed by atoms with Crippen molar-refractivity contribution in [3.05, 3.63) is 41.8 Å². The van der Waals surface area contributed by atoms with Gasteiger partial charge >= 0.3 is 0 Å². The fraction of sp³-hybridized carbons (Fsp3) is 0.154. The van der Waals surface area contributed by atoms with Crippen LogP contribution in [0.3, 0.4) is 0 Å². The molecule has 0 amide bonds. The molecule has 17 heavy (non-hydrogen) atoms. The van der Waals surface area contributed by atoms with Gasteiger partial charge in [0.05, 0.1) is 7.11 Å². The van der Waals surface area contributed by atoms with Crippen LogP contribution in [-0.2, 0) is 0 Å². The highest BCUT2D eigenvalue weighted by molar-refractivity contribution is 5.78. The maximum atomic E-state index is 14.1. The first kappa shape index (κ1) is 11.4. The number of nitrogens with two attached hydrogens (primary N) is 1. The highest BCUT2D eigenvalue weighted by atomic mass is 19.1. The number of methoxy groups -OCH3 is 1. The number of rotatable bonds is 2. The van der Waals surface area contributed by atoms with Crippen LogP contribution in [-0.4, -0.2) is 12.1 Å². The second-order valence-corrected chi connectivity index (χ2v) is 3.71. The average Bonchev–Trinajstić information content (AvgIpc) is 2.31. The predicted octanol–water partition coefficient (Wildman–Crippen LogP) is 2.79. The summed E-state index contributed by atoms with van der Waals surface area (Å²) in [6, 6.07) is 6.76. The highest BCUT2D eigenvalue weighted by Gasteiger charge is 2.14. The smallest absolute Gasteiger partial charge is 0.172 e. The zero-order valence-corrected chi connectivity index (χ0v) is 9.70. The molecule has 0 spiro atoms. The van der Waals surface area contributed by atoms with Crippen molar-refractivity contribution in [3.63, 3.8) is 0 Å². The maximum Gasteiger partial charge on any atom is 0.172 e. The van der Waals surface area contributed by atoms with Crippen molar-refractivity contribution < 1.29 is 9.13 Å². The first-order valence-electron chi connectivity index (χ1n) is 5.19. The standard InChI is InChI=1S/C13H13FN2O/c1-8-6-7-16-13(15)11(8)9-4-3-5-10(17-2)12(9)14/h3-7H,1-2H3,(H2,15,16). The molecule has 1 aromatic heterocycles. The molecular formula is C13H13FN2O. The lowest BCUT2D eigenvalue weighted by molar-refractivity contribution is 0.387. The maximum absolute atomic E-state index is 14.1. The van der Waals surface area contributed by atoms with E-state index in [2.05, 4.69) is 4.98 Å². The second-order valence-electron chi connectivity index (χ2n) is 3.71. The molecule has 0 aliphatic carbocycles. The average molecular weight is 232 g/mol. The molecule has 0 fully saturated rings. The van der Waals surface area contributed by atoms with E-state index in [0.717, 1.165) is 5.56 Å². The monoisotopic (exact) mass is 232 g/mol. The molecule has 0 radical (unpaired) electrons. The Morgan fingerprint density at radius 2 is 2.06 bits per heavy atom. The fourth-order valence-electron chi connectivity index (χ4n) is 1.79.